The number of carbonyl (C=O) groups is 1. The van der Waals surface area contributed by atoms with Crippen molar-refractivity contribution in [2.75, 3.05) is 6.61 Å². The molecule has 1 aromatic heterocycles. The molecule has 32 heavy (non-hydrogen) atoms. The second kappa shape index (κ2) is 8.97. The fraction of sp³-hybridized carbons (Fsp3) is 0.0455. The van der Waals surface area contributed by atoms with Crippen molar-refractivity contribution in [2.24, 2.45) is 0 Å². The van der Waals surface area contributed by atoms with E-state index < -0.39 is 22.4 Å². The molecule has 2 N–H and O–H groups in total. The average molecular weight is 581 g/mol. The summed E-state index contributed by atoms with van der Waals surface area (Å²) in [6.07, 6.45) is 1.47. The average Bonchev–Trinajstić information content (AvgIpc) is 3.19. The van der Waals surface area contributed by atoms with Crippen LogP contribution in [0.3, 0.4) is 0 Å². The van der Waals surface area contributed by atoms with Crippen LogP contribution in [-0.4, -0.2) is 31.1 Å². The molecular weight excluding hydrogens is 566 g/mol. The molecule has 0 radical (unpaired) electrons. The number of nitrogens with one attached hydrogen (secondary N) is 1. The van der Waals surface area contributed by atoms with E-state index in [0.29, 0.717) is 37.1 Å². The third-order valence-electron chi connectivity index (χ3n) is 4.51. The number of H-pyrrole nitrogens is 1. The lowest BCUT2D eigenvalue weighted by atomic mass is 10.2. The van der Waals surface area contributed by atoms with E-state index in [9.17, 15) is 13.2 Å². The standard InChI is InChI=1S/C22H15Br2NO6S/c23-17-9-14(30-12-21(26)27)10-18(24)22(17)31-13-6-7-19-16(8-13)20(11-25-19)32(28,29)15-4-2-1-3-5-15/h1-11,25H,12H2,(H,26,27). The number of aromatic nitrogens is 1. The van der Waals surface area contributed by atoms with Gasteiger partial charge in [0.1, 0.15) is 11.5 Å². The number of sulfone groups is 1. The second-order valence-electron chi connectivity index (χ2n) is 6.68. The van der Waals surface area contributed by atoms with Crippen LogP contribution < -0.4 is 9.47 Å². The number of carboxylic acid groups (broad SMARTS) is 1. The highest BCUT2D eigenvalue weighted by Gasteiger charge is 2.22. The van der Waals surface area contributed by atoms with Crippen LogP contribution in [0.15, 0.2) is 85.6 Å². The lowest BCUT2D eigenvalue weighted by Gasteiger charge is -2.12. The normalized spacial score (nSPS) is 11.4. The molecule has 3 aromatic carbocycles. The van der Waals surface area contributed by atoms with Crippen molar-refractivity contribution < 1.29 is 27.8 Å². The molecule has 4 rings (SSSR count). The van der Waals surface area contributed by atoms with Crippen LogP contribution in [0, 0.1) is 0 Å². The quantitative estimate of drug-likeness (QED) is 0.287. The van der Waals surface area contributed by atoms with Gasteiger partial charge in [-0.2, -0.15) is 0 Å². The van der Waals surface area contributed by atoms with Crippen molar-refractivity contribution >= 4 is 58.6 Å². The Balaban J connectivity index is 1.69. The first kappa shape index (κ1) is 22.4. The number of carboxylic acids is 1. The molecule has 7 nitrogen and oxygen atoms in total. The van der Waals surface area contributed by atoms with E-state index in [1.54, 1.807) is 60.7 Å². The maximum atomic E-state index is 13.1. The van der Waals surface area contributed by atoms with Crippen LogP contribution in [-0.2, 0) is 14.6 Å². The van der Waals surface area contributed by atoms with Gasteiger partial charge in [-0.3, -0.25) is 0 Å². The molecule has 0 saturated carbocycles. The van der Waals surface area contributed by atoms with E-state index in [0.717, 1.165) is 0 Å². The summed E-state index contributed by atoms with van der Waals surface area (Å²) in [6.45, 7) is -0.470. The number of aromatic amines is 1. The molecule has 4 aromatic rings. The molecule has 0 unspecified atom stereocenters. The van der Waals surface area contributed by atoms with E-state index in [4.69, 9.17) is 14.6 Å². The van der Waals surface area contributed by atoms with Gasteiger partial charge in [-0.15, -0.1) is 0 Å². The van der Waals surface area contributed by atoms with Crippen molar-refractivity contribution in [1.82, 2.24) is 4.98 Å². The largest absolute Gasteiger partial charge is 0.482 e. The summed E-state index contributed by atoms with van der Waals surface area (Å²) in [6, 6.07) is 16.5. The number of halogens is 2. The summed E-state index contributed by atoms with van der Waals surface area (Å²) < 4.78 is 38.4. The fourth-order valence-electron chi connectivity index (χ4n) is 3.07. The van der Waals surface area contributed by atoms with Crippen molar-refractivity contribution in [3.63, 3.8) is 0 Å². The third kappa shape index (κ3) is 4.52. The van der Waals surface area contributed by atoms with E-state index in [1.165, 1.54) is 6.20 Å². The highest BCUT2D eigenvalue weighted by atomic mass is 79.9. The first-order valence-electron chi connectivity index (χ1n) is 9.18. The molecule has 0 amide bonds. The molecule has 0 atom stereocenters. The van der Waals surface area contributed by atoms with Crippen molar-refractivity contribution in [2.45, 2.75) is 9.79 Å². The first-order valence-corrected chi connectivity index (χ1v) is 12.3. The molecule has 0 bridgehead atoms. The minimum atomic E-state index is -3.72. The van der Waals surface area contributed by atoms with Crippen molar-refractivity contribution in [3.05, 3.63) is 75.8 Å². The van der Waals surface area contributed by atoms with E-state index in [-0.39, 0.29) is 9.79 Å². The van der Waals surface area contributed by atoms with Gasteiger partial charge < -0.3 is 19.6 Å². The zero-order chi connectivity index (χ0) is 22.9. The topological polar surface area (TPSA) is 106 Å². The SMILES string of the molecule is O=C(O)COc1cc(Br)c(Oc2ccc3[nH]cc(S(=O)(=O)c4ccccc4)c3c2)c(Br)c1. The molecule has 0 aliphatic heterocycles. The molecule has 0 aliphatic carbocycles. The zero-order valence-electron chi connectivity index (χ0n) is 16.2. The molecule has 10 heteroatoms. The van der Waals surface area contributed by atoms with Gasteiger partial charge >= 0.3 is 5.97 Å². The van der Waals surface area contributed by atoms with Gasteiger partial charge in [0.2, 0.25) is 9.84 Å². The van der Waals surface area contributed by atoms with Crippen LogP contribution in [0.4, 0.5) is 0 Å². The molecule has 0 saturated heterocycles. The summed E-state index contributed by atoms with van der Waals surface area (Å²) in [5.41, 5.74) is 0.655. The number of ether oxygens (including phenoxy) is 2. The number of rotatable bonds is 7. The lowest BCUT2D eigenvalue weighted by molar-refractivity contribution is -0.139. The Hall–Kier alpha value is -2.82. The van der Waals surface area contributed by atoms with Gasteiger partial charge in [0, 0.05) is 17.1 Å². The number of hydrogen-bond acceptors (Lipinski definition) is 5. The van der Waals surface area contributed by atoms with Gasteiger partial charge in [0.25, 0.3) is 0 Å². The van der Waals surface area contributed by atoms with E-state index >= 15 is 0 Å². The van der Waals surface area contributed by atoms with E-state index in [1.807, 2.05) is 0 Å². The molecular formula is C22H15Br2NO6S. The Morgan fingerprint density at radius 3 is 2.31 bits per heavy atom. The summed E-state index contributed by atoms with van der Waals surface area (Å²) in [7, 11) is -3.72. The van der Waals surface area contributed by atoms with Gasteiger partial charge in [-0.05, 0) is 74.3 Å². The van der Waals surface area contributed by atoms with Crippen LogP contribution >= 0.6 is 31.9 Å². The van der Waals surface area contributed by atoms with E-state index in [2.05, 4.69) is 36.8 Å². The van der Waals surface area contributed by atoms with Crippen LogP contribution in [0.25, 0.3) is 10.9 Å². The minimum Gasteiger partial charge on any atom is -0.482 e. The first-order chi connectivity index (χ1) is 15.3. The maximum absolute atomic E-state index is 13.1. The maximum Gasteiger partial charge on any atom is 0.341 e. The minimum absolute atomic E-state index is 0.152. The number of benzene rings is 3. The van der Waals surface area contributed by atoms with Gasteiger partial charge in [0.15, 0.2) is 12.4 Å². The smallest absolute Gasteiger partial charge is 0.341 e. The van der Waals surface area contributed by atoms with Crippen molar-refractivity contribution in [1.29, 1.82) is 0 Å². The van der Waals surface area contributed by atoms with Crippen LogP contribution in [0.5, 0.6) is 17.2 Å². The molecule has 164 valence electrons. The fourth-order valence-corrected chi connectivity index (χ4v) is 5.82. The van der Waals surface area contributed by atoms with Gasteiger partial charge in [0.05, 0.1) is 18.7 Å². The molecule has 0 fully saturated rings. The molecule has 0 aliphatic rings. The third-order valence-corrected chi connectivity index (χ3v) is 7.50. The Bertz CT molecular complexity index is 1390. The zero-order valence-corrected chi connectivity index (χ0v) is 20.2. The Labute approximate surface area is 200 Å². The monoisotopic (exact) mass is 579 g/mol. The highest BCUT2D eigenvalue weighted by molar-refractivity contribution is 9.11. The Morgan fingerprint density at radius 1 is 0.969 bits per heavy atom. The number of hydrogen-bond donors (Lipinski definition) is 2. The number of aliphatic carboxylic acids is 1. The number of fused-ring (bicyclic) bond motifs is 1. The summed E-state index contributed by atoms with van der Waals surface area (Å²) >= 11 is 6.79. The molecule has 1 heterocycles. The summed E-state index contributed by atoms with van der Waals surface area (Å²) in [5.74, 6) is 0.103. The Kier molecular flexibility index (Phi) is 6.27. The molecule has 0 spiro atoms. The second-order valence-corrected chi connectivity index (χ2v) is 10.3. The van der Waals surface area contributed by atoms with Crippen LogP contribution in [0.2, 0.25) is 0 Å². The van der Waals surface area contributed by atoms with Crippen LogP contribution in [0.1, 0.15) is 0 Å². The van der Waals surface area contributed by atoms with Gasteiger partial charge in [-0.1, -0.05) is 18.2 Å². The predicted molar refractivity (Wildman–Crippen MR) is 125 cm³/mol. The predicted octanol–water partition coefficient (Wildman–Crippen LogP) is 5.78. The Morgan fingerprint density at radius 2 is 1.66 bits per heavy atom. The lowest BCUT2D eigenvalue weighted by Crippen LogP contribution is -2.09. The van der Waals surface area contributed by atoms with Gasteiger partial charge in [-0.25, -0.2) is 13.2 Å². The summed E-state index contributed by atoms with van der Waals surface area (Å²) in [5, 5.41) is 9.27. The highest BCUT2D eigenvalue weighted by Crippen LogP contribution is 2.41. The summed E-state index contributed by atoms with van der Waals surface area (Å²) in [4.78, 5) is 14.1. The van der Waals surface area contributed by atoms with Crippen molar-refractivity contribution in [3.8, 4) is 17.2 Å².